The number of aromatic nitrogens is 4. The van der Waals surface area contributed by atoms with Crippen LogP contribution in [0.25, 0.3) is 95.0 Å². The molecule has 0 bridgehead atoms. The maximum absolute atomic E-state index is 5.18. The van der Waals surface area contributed by atoms with E-state index < -0.39 is 0 Å². The SMILES string of the molecule is CC1(C)c2ccccc2-c2ccc(-c3ccc(-c4ccc5c(c4)c4ccccc4n5-c4nc(-c5ccccc5)nc(-c5ccc(-c6ccccc6)cc5)n4)cc3)cc21. The Labute approximate surface area is 337 Å². The van der Waals surface area contributed by atoms with Gasteiger partial charge in [0.25, 0.3) is 0 Å². The highest BCUT2D eigenvalue weighted by Gasteiger charge is 2.35. The predicted octanol–water partition coefficient (Wildman–Crippen LogP) is 13.6. The molecule has 0 spiro atoms. The van der Waals surface area contributed by atoms with E-state index in [1.54, 1.807) is 0 Å². The standard InChI is InChI=1S/C54H38N4/c1-54(2)47-19-11-9-17-43(47)44-31-29-42(34-48(44)54)38-23-21-37(22-24-38)41-30-32-50-46(33-41)45-18-10-12-20-49(45)58(50)53-56-51(39-15-7-4-8-16-39)55-52(57-53)40-27-25-36(26-28-40)35-13-5-3-6-14-35/h3-34H,1-2H3. The molecule has 10 aromatic rings. The molecule has 8 aromatic carbocycles. The Hall–Kier alpha value is -7.43. The van der Waals surface area contributed by atoms with Crippen LogP contribution in [0.3, 0.4) is 0 Å². The van der Waals surface area contributed by atoms with Crippen LogP contribution >= 0.6 is 0 Å². The Kier molecular flexibility index (Phi) is 7.80. The average Bonchev–Trinajstić information content (AvgIpc) is 3.74. The van der Waals surface area contributed by atoms with Crippen molar-refractivity contribution in [3.8, 4) is 73.2 Å². The molecule has 4 nitrogen and oxygen atoms in total. The van der Waals surface area contributed by atoms with Gasteiger partial charge in [0.05, 0.1) is 11.0 Å². The third kappa shape index (κ3) is 5.56. The van der Waals surface area contributed by atoms with Crippen LogP contribution in [-0.2, 0) is 5.41 Å². The summed E-state index contributed by atoms with van der Waals surface area (Å²) in [5.74, 6) is 1.84. The summed E-state index contributed by atoms with van der Waals surface area (Å²) in [5, 5.41) is 2.29. The summed E-state index contributed by atoms with van der Waals surface area (Å²) >= 11 is 0. The Morgan fingerprint density at radius 1 is 0.345 bits per heavy atom. The van der Waals surface area contributed by atoms with Gasteiger partial charge in [-0.05, 0) is 79.9 Å². The summed E-state index contributed by atoms with van der Waals surface area (Å²) in [5.41, 5.74) is 16.5. The fourth-order valence-corrected chi connectivity index (χ4v) is 8.86. The van der Waals surface area contributed by atoms with Gasteiger partial charge in [-0.3, -0.25) is 4.57 Å². The molecule has 1 aliphatic carbocycles. The minimum Gasteiger partial charge on any atom is -0.278 e. The van der Waals surface area contributed by atoms with E-state index in [0.29, 0.717) is 17.6 Å². The molecule has 0 saturated carbocycles. The van der Waals surface area contributed by atoms with E-state index in [2.05, 4.69) is 188 Å². The van der Waals surface area contributed by atoms with Gasteiger partial charge in [-0.2, -0.15) is 9.97 Å². The second-order valence-corrected chi connectivity index (χ2v) is 15.7. The van der Waals surface area contributed by atoms with Gasteiger partial charge in [-0.1, -0.05) is 184 Å². The minimum atomic E-state index is -0.0312. The lowest BCUT2D eigenvalue weighted by molar-refractivity contribution is 0.660. The van der Waals surface area contributed by atoms with Gasteiger partial charge >= 0.3 is 0 Å². The van der Waals surface area contributed by atoms with Crippen LogP contribution in [0.15, 0.2) is 194 Å². The number of benzene rings is 8. The first-order valence-electron chi connectivity index (χ1n) is 19.9. The first kappa shape index (κ1) is 33.9. The number of para-hydroxylation sites is 1. The third-order valence-electron chi connectivity index (χ3n) is 11.9. The summed E-state index contributed by atoms with van der Waals surface area (Å²) < 4.78 is 2.18. The zero-order valence-electron chi connectivity index (χ0n) is 32.3. The Morgan fingerprint density at radius 2 is 0.810 bits per heavy atom. The average molecular weight is 743 g/mol. The van der Waals surface area contributed by atoms with E-state index in [4.69, 9.17) is 15.0 Å². The highest BCUT2D eigenvalue weighted by atomic mass is 15.2. The van der Waals surface area contributed by atoms with E-state index in [9.17, 15) is 0 Å². The van der Waals surface area contributed by atoms with E-state index in [-0.39, 0.29) is 5.41 Å². The van der Waals surface area contributed by atoms with Crippen molar-refractivity contribution in [3.05, 3.63) is 205 Å². The Balaban J connectivity index is 0.987. The van der Waals surface area contributed by atoms with Gasteiger partial charge in [0.15, 0.2) is 11.6 Å². The molecule has 0 saturated heterocycles. The molecule has 11 rings (SSSR count). The lowest BCUT2D eigenvalue weighted by atomic mass is 9.81. The van der Waals surface area contributed by atoms with Crippen molar-refractivity contribution in [2.75, 3.05) is 0 Å². The molecule has 1 aliphatic rings. The molecule has 58 heavy (non-hydrogen) atoms. The Bertz CT molecular complexity index is 3160. The molecule has 2 aromatic heterocycles. The van der Waals surface area contributed by atoms with Crippen molar-refractivity contribution < 1.29 is 0 Å². The maximum atomic E-state index is 5.18. The van der Waals surface area contributed by atoms with Gasteiger partial charge in [0, 0.05) is 27.3 Å². The van der Waals surface area contributed by atoms with E-state index in [0.717, 1.165) is 44.1 Å². The van der Waals surface area contributed by atoms with Gasteiger partial charge in [-0.25, -0.2) is 4.98 Å². The molecule has 0 atom stereocenters. The number of nitrogens with zero attached hydrogens (tertiary/aromatic N) is 4. The topological polar surface area (TPSA) is 43.6 Å². The minimum absolute atomic E-state index is 0.0312. The number of hydrogen-bond acceptors (Lipinski definition) is 3. The molecule has 0 N–H and O–H groups in total. The van der Waals surface area contributed by atoms with Crippen LogP contribution in [0, 0.1) is 0 Å². The van der Waals surface area contributed by atoms with Crippen molar-refractivity contribution in [2.45, 2.75) is 19.3 Å². The van der Waals surface area contributed by atoms with Crippen molar-refractivity contribution in [2.24, 2.45) is 0 Å². The molecule has 0 radical (unpaired) electrons. The summed E-state index contributed by atoms with van der Waals surface area (Å²) in [6, 6.07) is 69.1. The summed E-state index contributed by atoms with van der Waals surface area (Å²) in [7, 11) is 0. The lowest BCUT2D eigenvalue weighted by Crippen LogP contribution is -2.14. The van der Waals surface area contributed by atoms with Crippen molar-refractivity contribution in [1.29, 1.82) is 0 Å². The van der Waals surface area contributed by atoms with Crippen LogP contribution in [0.5, 0.6) is 0 Å². The van der Waals surface area contributed by atoms with Crippen molar-refractivity contribution in [1.82, 2.24) is 19.5 Å². The fourth-order valence-electron chi connectivity index (χ4n) is 8.86. The maximum Gasteiger partial charge on any atom is 0.238 e. The second-order valence-electron chi connectivity index (χ2n) is 15.7. The van der Waals surface area contributed by atoms with E-state index in [1.165, 1.54) is 44.5 Å². The number of rotatable bonds is 6. The van der Waals surface area contributed by atoms with E-state index >= 15 is 0 Å². The molecule has 4 heteroatoms. The van der Waals surface area contributed by atoms with Crippen LogP contribution in [0.2, 0.25) is 0 Å². The van der Waals surface area contributed by atoms with Crippen LogP contribution in [-0.4, -0.2) is 19.5 Å². The lowest BCUT2D eigenvalue weighted by Gasteiger charge is -2.22. The largest absolute Gasteiger partial charge is 0.278 e. The van der Waals surface area contributed by atoms with Crippen LogP contribution in [0.1, 0.15) is 25.0 Å². The third-order valence-corrected chi connectivity index (χ3v) is 11.9. The van der Waals surface area contributed by atoms with Gasteiger partial charge in [-0.15, -0.1) is 0 Å². The Morgan fingerprint density at radius 3 is 1.52 bits per heavy atom. The van der Waals surface area contributed by atoms with Gasteiger partial charge in [0.1, 0.15) is 0 Å². The van der Waals surface area contributed by atoms with Crippen molar-refractivity contribution in [3.63, 3.8) is 0 Å². The highest BCUT2D eigenvalue weighted by Crippen LogP contribution is 2.49. The zero-order chi connectivity index (χ0) is 38.8. The summed E-state index contributed by atoms with van der Waals surface area (Å²) in [6.45, 7) is 4.68. The first-order valence-corrected chi connectivity index (χ1v) is 19.9. The molecule has 2 heterocycles. The molecule has 0 fully saturated rings. The summed E-state index contributed by atoms with van der Waals surface area (Å²) in [4.78, 5) is 15.3. The summed E-state index contributed by atoms with van der Waals surface area (Å²) in [6.07, 6.45) is 0. The number of hydrogen-bond donors (Lipinski definition) is 0. The quantitative estimate of drug-likeness (QED) is 0.170. The molecule has 274 valence electrons. The van der Waals surface area contributed by atoms with Gasteiger partial charge < -0.3 is 0 Å². The number of fused-ring (bicyclic) bond motifs is 6. The highest BCUT2D eigenvalue weighted by molar-refractivity contribution is 6.10. The predicted molar refractivity (Wildman–Crippen MR) is 239 cm³/mol. The molecular formula is C54H38N4. The monoisotopic (exact) mass is 742 g/mol. The van der Waals surface area contributed by atoms with Crippen molar-refractivity contribution >= 4 is 21.8 Å². The molecule has 0 unspecified atom stereocenters. The van der Waals surface area contributed by atoms with Crippen LogP contribution in [0.4, 0.5) is 0 Å². The zero-order valence-corrected chi connectivity index (χ0v) is 32.3. The smallest absolute Gasteiger partial charge is 0.238 e. The molecule has 0 amide bonds. The first-order chi connectivity index (χ1) is 28.5. The molecular weight excluding hydrogens is 705 g/mol. The molecule has 0 aliphatic heterocycles. The van der Waals surface area contributed by atoms with Crippen LogP contribution < -0.4 is 0 Å². The second kappa shape index (κ2) is 13.4. The van der Waals surface area contributed by atoms with Gasteiger partial charge in [0.2, 0.25) is 5.95 Å². The fraction of sp³-hybridized carbons (Fsp3) is 0.0556. The van der Waals surface area contributed by atoms with E-state index in [1.807, 2.05) is 24.3 Å². The normalized spacial score (nSPS) is 12.8.